The number of nitrogens with zero attached hydrogens (tertiary/aromatic N) is 3. The van der Waals surface area contributed by atoms with Gasteiger partial charge in [-0.05, 0) is 61.4 Å². The number of carbonyl (C=O) groups is 1. The molecule has 8 nitrogen and oxygen atoms in total. The summed E-state index contributed by atoms with van der Waals surface area (Å²) >= 11 is 1.39. The van der Waals surface area contributed by atoms with Gasteiger partial charge in [-0.15, -0.1) is 0 Å². The third kappa shape index (κ3) is 5.34. The van der Waals surface area contributed by atoms with Crippen LogP contribution in [0.25, 0.3) is 10.2 Å². The number of thiazole rings is 1. The number of carbonyl (C=O) groups excluding carboxylic acids is 1. The molecule has 2 aromatic carbocycles. The van der Waals surface area contributed by atoms with Crippen molar-refractivity contribution in [3.05, 3.63) is 72.2 Å². The summed E-state index contributed by atoms with van der Waals surface area (Å²) < 4.78 is 40.3. The number of hydrogen-bond acceptors (Lipinski definition) is 7. The van der Waals surface area contributed by atoms with Gasteiger partial charge in [0.2, 0.25) is 10.0 Å². The fourth-order valence-electron chi connectivity index (χ4n) is 4.98. The van der Waals surface area contributed by atoms with Crippen LogP contribution in [-0.4, -0.2) is 43.3 Å². The van der Waals surface area contributed by atoms with Crippen LogP contribution in [0.1, 0.15) is 55.1 Å². The number of aromatic nitrogens is 1. The van der Waals surface area contributed by atoms with Crippen molar-refractivity contribution in [1.29, 1.82) is 0 Å². The Labute approximate surface area is 226 Å². The minimum Gasteiger partial charge on any atom is -0.497 e. The van der Waals surface area contributed by atoms with Gasteiger partial charge in [0, 0.05) is 24.2 Å². The maximum absolute atomic E-state index is 13.7. The quantitative estimate of drug-likeness (QED) is 0.249. The molecule has 0 unspecified atom stereocenters. The van der Waals surface area contributed by atoms with Crippen LogP contribution in [0.2, 0.25) is 0 Å². The molecule has 10 heteroatoms. The third-order valence-electron chi connectivity index (χ3n) is 6.96. The Morgan fingerprint density at radius 1 is 1.11 bits per heavy atom. The molecule has 1 fully saturated rings. The second-order valence-corrected chi connectivity index (χ2v) is 12.2. The SMILES string of the molecule is CCN(C1CCCCC1)S(=O)(=O)c1ccc(C(=O)N(Cc2ccco2)c2nc3cc(OC)ccc3s2)cc1. The summed E-state index contributed by atoms with van der Waals surface area (Å²) in [5.41, 5.74) is 1.10. The molecule has 0 saturated heterocycles. The largest absolute Gasteiger partial charge is 0.497 e. The number of hydrogen-bond donors (Lipinski definition) is 0. The number of methoxy groups -OCH3 is 1. The number of rotatable bonds is 9. The van der Waals surface area contributed by atoms with E-state index < -0.39 is 10.0 Å². The van der Waals surface area contributed by atoms with Crippen molar-refractivity contribution in [2.75, 3.05) is 18.6 Å². The average molecular weight is 554 g/mol. The van der Waals surface area contributed by atoms with Crippen LogP contribution < -0.4 is 9.64 Å². The molecule has 1 saturated carbocycles. The summed E-state index contributed by atoms with van der Waals surface area (Å²) in [6.45, 7) is 2.49. The molecule has 2 heterocycles. The molecule has 0 atom stereocenters. The van der Waals surface area contributed by atoms with E-state index in [1.807, 2.05) is 25.1 Å². The van der Waals surface area contributed by atoms with Crippen molar-refractivity contribution < 1.29 is 22.4 Å². The van der Waals surface area contributed by atoms with E-state index in [4.69, 9.17) is 14.1 Å². The predicted molar refractivity (Wildman–Crippen MR) is 148 cm³/mol. The first-order chi connectivity index (χ1) is 18.4. The lowest BCUT2D eigenvalue weighted by Crippen LogP contribution is -2.41. The van der Waals surface area contributed by atoms with E-state index in [1.54, 1.807) is 46.8 Å². The van der Waals surface area contributed by atoms with E-state index in [0.717, 1.165) is 42.3 Å². The van der Waals surface area contributed by atoms with Gasteiger partial charge in [0.1, 0.15) is 11.5 Å². The molecule has 1 aliphatic rings. The van der Waals surface area contributed by atoms with Crippen molar-refractivity contribution in [3.63, 3.8) is 0 Å². The molecule has 1 amide bonds. The first-order valence-corrected chi connectivity index (χ1v) is 15.1. The monoisotopic (exact) mass is 553 g/mol. The maximum atomic E-state index is 13.7. The Morgan fingerprint density at radius 3 is 2.53 bits per heavy atom. The van der Waals surface area contributed by atoms with Gasteiger partial charge in [-0.1, -0.05) is 37.5 Å². The minimum absolute atomic E-state index is 0.0292. The van der Waals surface area contributed by atoms with E-state index in [9.17, 15) is 13.2 Å². The number of amides is 1. The highest BCUT2D eigenvalue weighted by Crippen LogP contribution is 2.33. The lowest BCUT2D eigenvalue weighted by Gasteiger charge is -2.32. The molecule has 0 spiro atoms. The zero-order chi connectivity index (χ0) is 26.7. The molecule has 200 valence electrons. The lowest BCUT2D eigenvalue weighted by molar-refractivity contribution is 0.0983. The molecule has 5 rings (SSSR count). The second-order valence-electron chi connectivity index (χ2n) is 9.33. The van der Waals surface area contributed by atoms with Crippen molar-refractivity contribution in [1.82, 2.24) is 9.29 Å². The molecule has 0 aliphatic heterocycles. The van der Waals surface area contributed by atoms with Crippen molar-refractivity contribution >= 4 is 42.6 Å². The number of ether oxygens (including phenoxy) is 1. The second kappa shape index (κ2) is 11.3. The van der Waals surface area contributed by atoms with Crippen LogP contribution in [0.4, 0.5) is 5.13 Å². The van der Waals surface area contributed by atoms with Crippen LogP contribution in [0, 0.1) is 0 Å². The van der Waals surface area contributed by atoms with Crippen molar-refractivity contribution in [3.8, 4) is 5.75 Å². The van der Waals surface area contributed by atoms with Crippen molar-refractivity contribution in [2.24, 2.45) is 0 Å². The van der Waals surface area contributed by atoms with E-state index in [2.05, 4.69) is 0 Å². The first-order valence-electron chi connectivity index (χ1n) is 12.8. The Kier molecular flexibility index (Phi) is 7.83. The van der Waals surface area contributed by atoms with Crippen molar-refractivity contribution in [2.45, 2.75) is 56.5 Å². The van der Waals surface area contributed by atoms with Crippen LogP contribution >= 0.6 is 11.3 Å². The van der Waals surface area contributed by atoms with Gasteiger partial charge in [0.15, 0.2) is 5.13 Å². The van der Waals surface area contributed by atoms with Crippen LogP contribution in [0.15, 0.2) is 70.2 Å². The van der Waals surface area contributed by atoms with E-state index >= 15 is 0 Å². The summed E-state index contributed by atoms with van der Waals surface area (Å²) in [6.07, 6.45) is 6.59. The highest BCUT2D eigenvalue weighted by molar-refractivity contribution is 7.89. The van der Waals surface area contributed by atoms with E-state index in [1.165, 1.54) is 23.5 Å². The van der Waals surface area contributed by atoms with Gasteiger partial charge in [-0.3, -0.25) is 9.69 Å². The maximum Gasteiger partial charge on any atom is 0.260 e. The number of fused-ring (bicyclic) bond motifs is 1. The van der Waals surface area contributed by atoms with Gasteiger partial charge in [-0.2, -0.15) is 4.31 Å². The van der Waals surface area contributed by atoms with Crippen LogP contribution in [0.3, 0.4) is 0 Å². The molecular weight excluding hydrogens is 522 g/mol. The summed E-state index contributed by atoms with van der Waals surface area (Å²) in [4.78, 5) is 20.2. The normalized spacial score (nSPS) is 14.7. The Bertz CT molecular complexity index is 1490. The predicted octanol–water partition coefficient (Wildman–Crippen LogP) is 6.09. The summed E-state index contributed by atoms with van der Waals surface area (Å²) in [5, 5.41) is 0.515. The van der Waals surface area contributed by atoms with Gasteiger partial charge in [-0.25, -0.2) is 13.4 Å². The molecule has 0 bridgehead atoms. The smallest absolute Gasteiger partial charge is 0.260 e. The fourth-order valence-corrected chi connectivity index (χ4v) is 7.61. The molecule has 0 N–H and O–H groups in total. The Morgan fingerprint density at radius 2 is 1.87 bits per heavy atom. The van der Waals surface area contributed by atoms with Gasteiger partial charge in [0.05, 0.1) is 35.0 Å². The first kappa shape index (κ1) is 26.4. The molecular formula is C28H31N3O5S2. The highest BCUT2D eigenvalue weighted by Gasteiger charge is 2.31. The van der Waals surface area contributed by atoms with Gasteiger partial charge in [0.25, 0.3) is 5.91 Å². The van der Waals surface area contributed by atoms with Crippen LogP contribution in [0.5, 0.6) is 5.75 Å². The molecule has 2 aromatic heterocycles. The summed E-state index contributed by atoms with van der Waals surface area (Å²) in [5.74, 6) is 1.00. The summed E-state index contributed by atoms with van der Waals surface area (Å²) in [7, 11) is -2.06. The lowest BCUT2D eigenvalue weighted by atomic mass is 9.95. The highest BCUT2D eigenvalue weighted by atomic mass is 32.2. The van der Waals surface area contributed by atoms with E-state index in [-0.39, 0.29) is 23.4 Å². The number of anilines is 1. The number of benzene rings is 2. The molecule has 0 radical (unpaired) electrons. The standard InChI is InChI=1S/C28H31N3O5S2/c1-3-31(21-8-5-4-6-9-21)38(33,34)24-14-11-20(12-15-24)27(32)30(19-23-10-7-17-36-23)28-29-25-18-22(35-2)13-16-26(25)37-28/h7,10-18,21H,3-6,8-9,19H2,1-2H3. The minimum atomic E-state index is -3.66. The molecule has 38 heavy (non-hydrogen) atoms. The zero-order valence-electron chi connectivity index (χ0n) is 21.5. The molecule has 1 aliphatic carbocycles. The van der Waals surface area contributed by atoms with Gasteiger partial charge < -0.3 is 9.15 Å². The summed E-state index contributed by atoms with van der Waals surface area (Å²) in [6, 6.07) is 15.4. The number of furan rings is 1. The fraction of sp³-hybridized carbons (Fsp3) is 0.357. The Balaban J connectivity index is 1.44. The van der Waals surface area contributed by atoms with Gasteiger partial charge >= 0.3 is 0 Å². The third-order valence-corrected chi connectivity index (χ3v) is 10.1. The molecule has 4 aromatic rings. The van der Waals surface area contributed by atoms with Crippen LogP contribution in [-0.2, 0) is 16.6 Å². The van der Waals surface area contributed by atoms with E-state index in [0.29, 0.717) is 28.7 Å². The topological polar surface area (TPSA) is 93.0 Å². The Hall–Kier alpha value is -3.21. The average Bonchev–Trinajstić information content (AvgIpc) is 3.61. The zero-order valence-corrected chi connectivity index (χ0v) is 23.1. The number of sulfonamides is 1.